The van der Waals surface area contributed by atoms with Crippen molar-refractivity contribution >= 4 is 56.3 Å². The number of hydrogen-bond acceptors (Lipinski definition) is 7. The number of halogens is 2. The number of nitrogens with one attached hydrogen (secondary N) is 2. The molecule has 0 radical (unpaired) electrons. The van der Waals surface area contributed by atoms with Gasteiger partial charge in [0.1, 0.15) is 11.4 Å². The highest BCUT2D eigenvalue weighted by molar-refractivity contribution is 9.10. The van der Waals surface area contributed by atoms with Crippen LogP contribution in [0.2, 0.25) is 5.02 Å². The molecule has 0 bridgehead atoms. The zero-order valence-electron chi connectivity index (χ0n) is 18.7. The Morgan fingerprint density at radius 3 is 2.66 bits per heavy atom. The highest BCUT2D eigenvalue weighted by Gasteiger charge is 2.12. The van der Waals surface area contributed by atoms with Crippen LogP contribution < -0.4 is 16.1 Å². The molecule has 0 aliphatic heterocycles. The highest BCUT2D eigenvalue weighted by Crippen LogP contribution is 2.30. The molecule has 35 heavy (non-hydrogen) atoms. The third kappa shape index (κ3) is 5.59. The Balaban J connectivity index is 0.000000189. The minimum atomic E-state index is -0.191. The van der Waals surface area contributed by atoms with Crippen molar-refractivity contribution in [2.45, 2.75) is 0 Å². The van der Waals surface area contributed by atoms with Crippen LogP contribution in [0.4, 0.5) is 5.82 Å². The largest absolute Gasteiger partial charge is 0.453 e. The zero-order valence-corrected chi connectivity index (χ0v) is 21.0. The SMILES string of the molecule is CNCCNc1cc(-c2ccccc2Cl)nc2c(Br)cnn12.O=Cc1cc(=O)c2ccccc2o1. The summed E-state index contributed by atoms with van der Waals surface area (Å²) in [7, 11) is 1.92. The van der Waals surface area contributed by atoms with Crippen molar-refractivity contribution in [1.29, 1.82) is 0 Å². The molecule has 5 aromatic rings. The molecule has 0 spiro atoms. The van der Waals surface area contributed by atoms with E-state index in [4.69, 9.17) is 16.0 Å². The second-order valence-corrected chi connectivity index (χ2v) is 8.65. The minimum Gasteiger partial charge on any atom is -0.453 e. The average Bonchev–Trinajstić information content (AvgIpc) is 3.25. The first-order chi connectivity index (χ1) is 17.0. The lowest BCUT2D eigenvalue weighted by Crippen LogP contribution is -2.19. The van der Waals surface area contributed by atoms with Gasteiger partial charge in [-0.15, -0.1) is 0 Å². The van der Waals surface area contributed by atoms with Crippen LogP contribution in [0.5, 0.6) is 0 Å². The Morgan fingerprint density at radius 2 is 1.89 bits per heavy atom. The summed E-state index contributed by atoms with van der Waals surface area (Å²) in [5, 5.41) is 12.0. The molecule has 0 saturated heterocycles. The van der Waals surface area contributed by atoms with Gasteiger partial charge in [0.25, 0.3) is 0 Å². The van der Waals surface area contributed by atoms with Gasteiger partial charge in [0.15, 0.2) is 23.1 Å². The lowest BCUT2D eigenvalue weighted by molar-refractivity contribution is 0.110. The second kappa shape index (κ2) is 11.3. The summed E-state index contributed by atoms with van der Waals surface area (Å²) in [5.41, 5.74) is 2.72. The fourth-order valence-corrected chi connectivity index (χ4v) is 3.95. The fraction of sp³-hybridized carbons (Fsp3) is 0.120. The number of benzene rings is 2. The maximum atomic E-state index is 11.3. The standard InChI is InChI=1S/C15H15BrClN5.C10H6O3/c1-18-6-7-19-14-8-13(10-4-2-3-5-12(10)17)21-15-11(16)9-20-22(14)15;11-6-7-5-9(12)8-3-1-2-4-10(8)13-7/h2-5,8-9,18-19H,6-7H2,1H3;1-6H. The van der Waals surface area contributed by atoms with E-state index in [0.29, 0.717) is 22.3 Å². The first-order valence-corrected chi connectivity index (χ1v) is 11.8. The number of para-hydroxylation sites is 1. The second-order valence-electron chi connectivity index (χ2n) is 7.39. The van der Waals surface area contributed by atoms with E-state index >= 15 is 0 Å². The molecule has 0 amide bonds. The van der Waals surface area contributed by atoms with Gasteiger partial charge < -0.3 is 15.1 Å². The molecule has 0 fully saturated rings. The van der Waals surface area contributed by atoms with Gasteiger partial charge in [-0.1, -0.05) is 41.9 Å². The summed E-state index contributed by atoms with van der Waals surface area (Å²) in [5.74, 6) is 0.935. The smallest absolute Gasteiger partial charge is 0.193 e. The molecule has 3 aromatic heterocycles. The minimum absolute atomic E-state index is 0.0590. The first kappa shape index (κ1) is 24.6. The summed E-state index contributed by atoms with van der Waals surface area (Å²) in [6, 6.07) is 17.7. The Bertz CT molecular complexity index is 1550. The van der Waals surface area contributed by atoms with Crippen molar-refractivity contribution in [3.05, 3.63) is 92.3 Å². The molecular formula is C25H21BrClN5O3. The van der Waals surface area contributed by atoms with Crippen molar-refractivity contribution < 1.29 is 9.21 Å². The molecule has 2 N–H and O–H groups in total. The quantitative estimate of drug-likeness (QED) is 0.224. The molecular weight excluding hydrogens is 534 g/mol. The number of anilines is 1. The highest BCUT2D eigenvalue weighted by atomic mass is 79.9. The van der Waals surface area contributed by atoms with Gasteiger partial charge >= 0.3 is 0 Å². The van der Waals surface area contributed by atoms with E-state index in [1.165, 1.54) is 6.07 Å². The third-order valence-corrected chi connectivity index (χ3v) is 5.92. The number of rotatable bonds is 6. The average molecular weight is 555 g/mol. The van der Waals surface area contributed by atoms with E-state index in [1.807, 2.05) is 37.4 Å². The molecule has 5 rings (SSSR count). The monoisotopic (exact) mass is 553 g/mol. The molecule has 2 aromatic carbocycles. The van der Waals surface area contributed by atoms with Crippen LogP contribution in [0.1, 0.15) is 10.6 Å². The van der Waals surface area contributed by atoms with E-state index in [1.54, 1.807) is 35.0 Å². The van der Waals surface area contributed by atoms with Crippen molar-refractivity contribution in [3.63, 3.8) is 0 Å². The molecule has 8 nitrogen and oxygen atoms in total. The van der Waals surface area contributed by atoms with Gasteiger partial charge in [-0.25, -0.2) is 4.98 Å². The van der Waals surface area contributed by atoms with Crippen LogP contribution in [0.15, 0.2) is 80.5 Å². The van der Waals surface area contributed by atoms with E-state index in [9.17, 15) is 9.59 Å². The van der Waals surface area contributed by atoms with Crippen molar-refractivity contribution in [1.82, 2.24) is 19.9 Å². The number of hydrogen-bond donors (Lipinski definition) is 2. The summed E-state index contributed by atoms with van der Waals surface area (Å²) in [6.45, 7) is 1.64. The van der Waals surface area contributed by atoms with Crippen LogP contribution in [-0.4, -0.2) is 41.0 Å². The van der Waals surface area contributed by atoms with Gasteiger partial charge in [0.05, 0.1) is 21.7 Å². The van der Waals surface area contributed by atoms with E-state index in [0.717, 1.165) is 40.3 Å². The van der Waals surface area contributed by atoms with E-state index in [2.05, 4.69) is 36.6 Å². The maximum Gasteiger partial charge on any atom is 0.193 e. The Kier molecular flexibility index (Phi) is 7.91. The number of carbonyl (C=O) groups is 1. The van der Waals surface area contributed by atoms with Gasteiger partial charge in [-0.3, -0.25) is 9.59 Å². The number of aromatic nitrogens is 3. The molecule has 0 unspecified atom stereocenters. The van der Waals surface area contributed by atoms with E-state index in [-0.39, 0.29) is 11.2 Å². The Labute approximate surface area is 214 Å². The number of fused-ring (bicyclic) bond motifs is 2. The molecule has 0 aliphatic rings. The number of aldehydes is 1. The zero-order chi connectivity index (χ0) is 24.8. The predicted molar refractivity (Wildman–Crippen MR) is 141 cm³/mol. The molecule has 0 saturated carbocycles. The van der Waals surface area contributed by atoms with Crippen LogP contribution in [0, 0.1) is 0 Å². The van der Waals surface area contributed by atoms with E-state index < -0.39 is 0 Å². The lowest BCUT2D eigenvalue weighted by Gasteiger charge is -2.11. The topological polar surface area (TPSA) is 102 Å². The summed E-state index contributed by atoms with van der Waals surface area (Å²) in [4.78, 5) is 26.4. The van der Waals surface area contributed by atoms with Gasteiger partial charge in [0, 0.05) is 35.8 Å². The van der Waals surface area contributed by atoms with Gasteiger partial charge in [-0.05, 0) is 41.2 Å². The van der Waals surface area contributed by atoms with Gasteiger partial charge in [-0.2, -0.15) is 9.61 Å². The molecule has 0 atom stereocenters. The number of carbonyl (C=O) groups excluding carboxylic acids is 1. The van der Waals surface area contributed by atoms with Crippen LogP contribution in [-0.2, 0) is 0 Å². The Morgan fingerprint density at radius 1 is 1.11 bits per heavy atom. The predicted octanol–water partition coefficient (Wildman–Crippen LogP) is 5.05. The number of nitrogens with zero attached hydrogens (tertiary/aromatic N) is 3. The summed E-state index contributed by atoms with van der Waals surface area (Å²) < 4.78 is 7.75. The maximum absolute atomic E-state index is 11.3. The normalized spacial score (nSPS) is 10.7. The molecule has 10 heteroatoms. The van der Waals surface area contributed by atoms with Crippen LogP contribution in [0.3, 0.4) is 0 Å². The van der Waals surface area contributed by atoms with Crippen LogP contribution >= 0.6 is 27.5 Å². The Hall–Kier alpha value is -3.53. The van der Waals surface area contributed by atoms with Crippen molar-refractivity contribution in [3.8, 4) is 11.3 Å². The molecule has 0 aliphatic carbocycles. The van der Waals surface area contributed by atoms with Crippen molar-refractivity contribution in [2.75, 3.05) is 25.5 Å². The van der Waals surface area contributed by atoms with Gasteiger partial charge in [0.2, 0.25) is 0 Å². The number of likely N-dealkylation sites (N-methyl/N-ethyl adjacent to an activating group) is 1. The van der Waals surface area contributed by atoms with Crippen molar-refractivity contribution in [2.24, 2.45) is 0 Å². The lowest BCUT2D eigenvalue weighted by atomic mass is 10.1. The molecule has 3 heterocycles. The summed E-state index contributed by atoms with van der Waals surface area (Å²) >= 11 is 9.79. The summed E-state index contributed by atoms with van der Waals surface area (Å²) in [6.07, 6.45) is 2.26. The molecule has 178 valence electrons. The first-order valence-electron chi connectivity index (χ1n) is 10.7. The third-order valence-electron chi connectivity index (χ3n) is 5.03. The van der Waals surface area contributed by atoms with Crippen LogP contribution in [0.25, 0.3) is 27.9 Å². The fourth-order valence-electron chi connectivity index (χ4n) is 3.37.